The van der Waals surface area contributed by atoms with E-state index in [0.29, 0.717) is 17.0 Å². The number of rotatable bonds is 3. The molecule has 1 amide bonds. The predicted octanol–water partition coefficient (Wildman–Crippen LogP) is 2.63. The monoisotopic (exact) mass is 363 g/mol. The summed E-state index contributed by atoms with van der Waals surface area (Å²) in [5, 5.41) is 12.5. The van der Waals surface area contributed by atoms with Gasteiger partial charge in [0.1, 0.15) is 11.6 Å². The van der Waals surface area contributed by atoms with Gasteiger partial charge in [0.2, 0.25) is 5.91 Å². The Labute approximate surface area is 154 Å². The number of nitrogens with zero attached hydrogens (tertiary/aromatic N) is 1. The number of anilines is 1. The van der Waals surface area contributed by atoms with Crippen molar-refractivity contribution < 1.29 is 14.6 Å². The number of carbonyl (C=O) groups is 1. The number of hydrogen-bond acceptors (Lipinski definition) is 5. The largest absolute Gasteiger partial charge is 0.504 e. The normalized spacial score (nSPS) is 15.7. The summed E-state index contributed by atoms with van der Waals surface area (Å²) in [7, 11) is 1.45. The van der Waals surface area contributed by atoms with Crippen molar-refractivity contribution in [1.82, 2.24) is 9.97 Å². The maximum absolute atomic E-state index is 12.8. The van der Waals surface area contributed by atoms with E-state index >= 15 is 0 Å². The molecule has 136 valence electrons. The van der Waals surface area contributed by atoms with Crippen molar-refractivity contribution >= 4 is 11.7 Å². The number of aromatic hydroxyl groups is 1. The zero-order chi connectivity index (χ0) is 19.0. The zero-order valence-corrected chi connectivity index (χ0v) is 14.5. The molecule has 2 aromatic carbocycles. The number of fused-ring (bicyclic) bond motifs is 1. The van der Waals surface area contributed by atoms with Crippen LogP contribution in [0.2, 0.25) is 0 Å². The number of hydrogen-bond donors (Lipinski definition) is 3. The van der Waals surface area contributed by atoms with Crippen molar-refractivity contribution in [1.29, 1.82) is 0 Å². The second-order valence-corrected chi connectivity index (χ2v) is 6.28. The van der Waals surface area contributed by atoms with Gasteiger partial charge >= 0.3 is 0 Å². The Kier molecular flexibility index (Phi) is 4.12. The molecule has 1 atom stereocenters. The molecule has 0 radical (unpaired) electrons. The van der Waals surface area contributed by atoms with E-state index in [1.54, 1.807) is 12.1 Å². The molecule has 0 unspecified atom stereocenters. The first-order valence-corrected chi connectivity index (χ1v) is 8.43. The van der Waals surface area contributed by atoms with Crippen LogP contribution in [0.4, 0.5) is 5.82 Å². The van der Waals surface area contributed by atoms with Gasteiger partial charge in [-0.05, 0) is 17.7 Å². The molecule has 0 saturated carbocycles. The van der Waals surface area contributed by atoms with Crippen LogP contribution in [0.1, 0.15) is 23.5 Å². The highest BCUT2D eigenvalue weighted by molar-refractivity contribution is 5.94. The number of phenolic OH excluding ortho intramolecular Hbond substituents is 1. The summed E-state index contributed by atoms with van der Waals surface area (Å²) in [6, 6.07) is 14.0. The summed E-state index contributed by atoms with van der Waals surface area (Å²) in [6.45, 7) is 0. The number of carbonyl (C=O) groups excluding carboxylic acids is 1. The summed E-state index contributed by atoms with van der Waals surface area (Å²) in [6.07, 6.45) is 0.108. The molecule has 0 spiro atoms. The number of aromatic amines is 1. The molecule has 27 heavy (non-hydrogen) atoms. The van der Waals surface area contributed by atoms with Crippen LogP contribution in [-0.4, -0.2) is 28.1 Å². The highest BCUT2D eigenvalue weighted by atomic mass is 16.5. The van der Waals surface area contributed by atoms with Crippen LogP contribution in [0, 0.1) is 0 Å². The lowest BCUT2D eigenvalue weighted by molar-refractivity contribution is -0.116. The van der Waals surface area contributed by atoms with Gasteiger partial charge in [0.05, 0.1) is 12.7 Å². The topological polar surface area (TPSA) is 104 Å². The van der Waals surface area contributed by atoms with Crippen LogP contribution < -0.4 is 15.6 Å². The SMILES string of the molecule is COc1cc([C@@H]2CC(=O)Nc3nc(-c4ccccc4)[nH]c(=O)c32)ccc1O. The molecule has 0 bridgehead atoms. The molecule has 7 nitrogen and oxygen atoms in total. The molecule has 1 aromatic heterocycles. The van der Waals surface area contributed by atoms with Crippen molar-refractivity contribution in [3.8, 4) is 22.9 Å². The molecule has 0 saturated heterocycles. The molecule has 0 fully saturated rings. The minimum atomic E-state index is -0.482. The Balaban J connectivity index is 1.85. The fourth-order valence-corrected chi connectivity index (χ4v) is 3.30. The molecular formula is C20H17N3O4. The molecule has 3 N–H and O–H groups in total. The van der Waals surface area contributed by atoms with Crippen molar-refractivity contribution in [2.45, 2.75) is 12.3 Å². The highest BCUT2D eigenvalue weighted by Gasteiger charge is 2.31. The second kappa shape index (κ2) is 6.60. The average Bonchev–Trinajstić information content (AvgIpc) is 2.68. The van der Waals surface area contributed by atoms with Gasteiger partial charge in [-0.25, -0.2) is 4.98 Å². The first kappa shape index (κ1) is 16.8. The molecule has 4 rings (SSSR count). The van der Waals surface area contributed by atoms with Gasteiger partial charge in [0.25, 0.3) is 5.56 Å². The lowest BCUT2D eigenvalue weighted by atomic mass is 9.86. The highest BCUT2D eigenvalue weighted by Crippen LogP contribution is 2.37. The maximum Gasteiger partial charge on any atom is 0.257 e. The Hall–Kier alpha value is -3.61. The van der Waals surface area contributed by atoms with E-state index in [-0.39, 0.29) is 35.2 Å². The molecule has 3 aromatic rings. The number of benzene rings is 2. The Morgan fingerprint density at radius 1 is 1.15 bits per heavy atom. The number of ether oxygens (including phenoxy) is 1. The van der Waals surface area contributed by atoms with Gasteiger partial charge in [-0.2, -0.15) is 0 Å². The van der Waals surface area contributed by atoms with Gasteiger partial charge < -0.3 is 20.1 Å². The van der Waals surface area contributed by atoms with Crippen LogP contribution in [0.3, 0.4) is 0 Å². The van der Waals surface area contributed by atoms with Crippen molar-refractivity contribution in [2.24, 2.45) is 0 Å². The van der Waals surface area contributed by atoms with Gasteiger partial charge in [-0.3, -0.25) is 9.59 Å². The predicted molar refractivity (Wildman–Crippen MR) is 100 cm³/mol. The van der Waals surface area contributed by atoms with Crippen LogP contribution >= 0.6 is 0 Å². The number of nitrogens with one attached hydrogen (secondary N) is 2. The number of amides is 1. The molecule has 1 aliphatic rings. The molecular weight excluding hydrogens is 346 g/mol. The fourth-order valence-electron chi connectivity index (χ4n) is 3.30. The van der Waals surface area contributed by atoms with E-state index in [0.717, 1.165) is 5.56 Å². The molecule has 2 heterocycles. The summed E-state index contributed by atoms with van der Waals surface area (Å²) < 4.78 is 5.15. The van der Waals surface area contributed by atoms with Crippen LogP contribution in [-0.2, 0) is 4.79 Å². The summed E-state index contributed by atoms with van der Waals surface area (Å²) in [5.41, 5.74) is 1.53. The van der Waals surface area contributed by atoms with E-state index in [4.69, 9.17) is 4.74 Å². The number of methoxy groups -OCH3 is 1. The first-order valence-electron chi connectivity index (χ1n) is 8.43. The van der Waals surface area contributed by atoms with Crippen LogP contribution in [0.5, 0.6) is 11.5 Å². The molecule has 0 aliphatic carbocycles. The van der Waals surface area contributed by atoms with E-state index < -0.39 is 5.92 Å². The Bertz CT molecular complexity index is 1080. The minimum Gasteiger partial charge on any atom is -0.504 e. The third-order valence-corrected chi connectivity index (χ3v) is 4.60. The smallest absolute Gasteiger partial charge is 0.257 e. The quantitative estimate of drug-likeness (QED) is 0.664. The Morgan fingerprint density at radius 2 is 1.93 bits per heavy atom. The van der Waals surface area contributed by atoms with Crippen molar-refractivity contribution in [2.75, 3.05) is 12.4 Å². The van der Waals surface area contributed by atoms with Crippen molar-refractivity contribution in [3.05, 3.63) is 70.0 Å². The number of aromatic nitrogens is 2. The molecule has 7 heteroatoms. The standard InChI is InChI=1S/C20H17N3O4/c1-27-15-9-12(7-8-14(15)24)13-10-16(25)21-19-17(13)20(26)23-18(22-19)11-5-3-2-4-6-11/h2-9,13,24H,10H2,1H3,(H2,21,22,23,25,26)/t13-/m0/s1. The van der Waals surface area contributed by atoms with E-state index in [1.807, 2.05) is 30.3 Å². The first-order chi connectivity index (χ1) is 13.1. The second-order valence-electron chi connectivity index (χ2n) is 6.28. The lowest BCUT2D eigenvalue weighted by Gasteiger charge is -2.25. The number of phenols is 1. The van der Waals surface area contributed by atoms with E-state index in [1.165, 1.54) is 13.2 Å². The minimum absolute atomic E-state index is 0.00630. The third-order valence-electron chi connectivity index (χ3n) is 4.60. The summed E-state index contributed by atoms with van der Waals surface area (Å²) >= 11 is 0. The lowest BCUT2D eigenvalue weighted by Crippen LogP contribution is -2.31. The van der Waals surface area contributed by atoms with Gasteiger partial charge in [0, 0.05) is 17.9 Å². The zero-order valence-electron chi connectivity index (χ0n) is 14.5. The van der Waals surface area contributed by atoms with Crippen molar-refractivity contribution in [3.63, 3.8) is 0 Å². The molecule has 1 aliphatic heterocycles. The summed E-state index contributed by atoms with van der Waals surface area (Å²) in [5.74, 6) is 0.217. The van der Waals surface area contributed by atoms with E-state index in [2.05, 4.69) is 15.3 Å². The van der Waals surface area contributed by atoms with E-state index in [9.17, 15) is 14.7 Å². The number of H-pyrrole nitrogens is 1. The van der Waals surface area contributed by atoms with Crippen LogP contribution in [0.25, 0.3) is 11.4 Å². The van der Waals surface area contributed by atoms with Gasteiger partial charge in [0.15, 0.2) is 11.5 Å². The fraction of sp³-hybridized carbons (Fsp3) is 0.150. The average molecular weight is 363 g/mol. The maximum atomic E-state index is 12.8. The Morgan fingerprint density at radius 3 is 2.67 bits per heavy atom. The van der Waals surface area contributed by atoms with Crippen LogP contribution in [0.15, 0.2) is 53.3 Å². The third kappa shape index (κ3) is 3.03. The van der Waals surface area contributed by atoms with Gasteiger partial charge in [-0.1, -0.05) is 36.4 Å². The van der Waals surface area contributed by atoms with Gasteiger partial charge in [-0.15, -0.1) is 0 Å². The summed E-state index contributed by atoms with van der Waals surface area (Å²) in [4.78, 5) is 32.4.